The van der Waals surface area contributed by atoms with E-state index in [9.17, 15) is 0 Å². The first-order chi connectivity index (χ1) is 13.3. The molecular formula is C22H21N5. The van der Waals surface area contributed by atoms with Gasteiger partial charge in [0, 0.05) is 17.3 Å². The maximum Gasteiger partial charge on any atom is 0.127 e. The van der Waals surface area contributed by atoms with E-state index in [1.807, 2.05) is 6.07 Å². The second-order valence-corrected chi connectivity index (χ2v) is 6.97. The molecule has 134 valence electrons. The zero-order valence-electron chi connectivity index (χ0n) is 14.9. The van der Waals surface area contributed by atoms with Crippen molar-refractivity contribution >= 4 is 22.4 Å². The monoisotopic (exact) mass is 355 g/mol. The molecule has 2 heterocycles. The van der Waals surface area contributed by atoms with E-state index in [-0.39, 0.29) is 0 Å². The molecule has 5 heteroatoms. The molecule has 0 aliphatic heterocycles. The second kappa shape index (κ2) is 6.76. The van der Waals surface area contributed by atoms with Crippen LogP contribution in [0.1, 0.15) is 29.3 Å². The molecule has 1 aliphatic carbocycles. The molecule has 0 saturated heterocycles. The molecule has 2 aromatic heterocycles. The van der Waals surface area contributed by atoms with Gasteiger partial charge < -0.3 is 10.6 Å². The van der Waals surface area contributed by atoms with Gasteiger partial charge in [-0.05, 0) is 60.4 Å². The fraction of sp³-hybridized carbons (Fsp3) is 0.182. The Labute approximate surface area is 157 Å². The van der Waals surface area contributed by atoms with Gasteiger partial charge in [0.05, 0.1) is 23.8 Å². The molecule has 27 heavy (non-hydrogen) atoms. The zero-order valence-corrected chi connectivity index (χ0v) is 14.9. The summed E-state index contributed by atoms with van der Waals surface area (Å²) in [4.78, 5) is 4.81. The molecule has 0 amide bonds. The Balaban J connectivity index is 1.33. The largest absolute Gasteiger partial charge is 0.379 e. The van der Waals surface area contributed by atoms with E-state index in [2.05, 4.69) is 75.4 Å². The van der Waals surface area contributed by atoms with E-state index in [0.29, 0.717) is 6.04 Å². The van der Waals surface area contributed by atoms with E-state index < -0.39 is 0 Å². The van der Waals surface area contributed by atoms with Gasteiger partial charge >= 0.3 is 0 Å². The summed E-state index contributed by atoms with van der Waals surface area (Å²) in [6, 6.07) is 21.5. The smallest absolute Gasteiger partial charge is 0.127 e. The number of nitrogens with zero attached hydrogens (tertiary/aromatic N) is 2. The van der Waals surface area contributed by atoms with Crippen LogP contribution >= 0.6 is 0 Å². The van der Waals surface area contributed by atoms with Crippen LogP contribution in [0.2, 0.25) is 0 Å². The molecule has 0 saturated carbocycles. The Morgan fingerprint density at radius 3 is 2.93 bits per heavy atom. The van der Waals surface area contributed by atoms with Gasteiger partial charge in [-0.15, -0.1) is 0 Å². The van der Waals surface area contributed by atoms with Gasteiger partial charge in [-0.3, -0.25) is 5.10 Å². The van der Waals surface area contributed by atoms with Crippen LogP contribution < -0.4 is 10.6 Å². The number of benzene rings is 2. The first kappa shape index (κ1) is 15.9. The van der Waals surface area contributed by atoms with Gasteiger partial charge in [-0.1, -0.05) is 24.3 Å². The number of aromatic nitrogens is 3. The van der Waals surface area contributed by atoms with Crippen LogP contribution in [-0.4, -0.2) is 15.2 Å². The molecule has 0 radical (unpaired) electrons. The first-order valence-electron chi connectivity index (χ1n) is 9.32. The predicted octanol–water partition coefficient (Wildman–Crippen LogP) is 4.67. The molecule has 0 fully saturated rings. The van der Waals surface area contributed by atoms with E-state index in [4.69, 9.17) is 4.98 Å². The van der Waals surface area contributed by atoms with Crippen LogP contribution in [0.4, 0.5) is 11.5 Å². The predicted molar refractivity (Wildman–Crippen MR) is 109 cm³/mol. The number of anilines is 2. The van der Waals surface area contributed by atoms with Crippen LogP contribution in [0.5, 0.6) is 0 Å². The SMILES string of the molecule is c1ccc2c(c1)CC[C@H]2Nc1ccc2cc(NCc3ccn[nH]3)ccc2n1. The normalized spacial score (nSPS) is 15.6. The zero-order chi connectivity index (χ0) is 18.1. The molecule has 1 atom stereocenters. The maximum absolute atomic E-state index is 4.81. The topological polar surface area (TPSA) is 65.6 Å². The number of nitrogens with one attached hydrogen (secondary N) is 3. The molecule has 4 aromatic rings. The second-order valence-electron chi connectivity index (χ2n) is 6.97. The number of rotatable bonds is 5. The highest BCUT2D eigenvalue weighted by atomic mass is 15.1. The van der Waals surface area contributed by atoms with Crippen LogP contribution in [0.3, 0.4) is 0 Å². The number of H-pyrrole nitrogens is 1. The minimum Gasteiger partial charge on any atom is -0.379 e. The Kier molecular flexibility index (Phi) is 3.98. The van der Waals surface area contributed by atoms with E-state index in [1.54, 1.807) is 6.20 Å². The average Bonchev–Trinajstić information content (AvgIpc) is 3.37. The van der Waals surface area contributed by atoms with Crippen molar-refractivity contribution < 1.29 is 0 Å². The Hall–Kier alpha value is -3.34. The number of hydrogen-bond donors (Lipinski definition) is 3. The standard InChI is InChI=1S/C22H21N5/c1-2-4-19-15(3-1)5-8-21(19)26-22-10-6-16-13-17(7-9-20(16)25-22)23-14-18-11-12-24-27-18/h1-4,6-7,9-13,21,23H,5,8,14H2,(H,24,27)(H,25,26)/t21-/m1/s1. The lowest BCUT2D eigenvalue weighted by Gasteiger charge is -2.15. The van der Waals surface area contributed by atoms with Crippen molar-refractivity contribution in [3.63, 3.8) is 0 Å². The number of pyridine rings is 1. The highest BCUT2D eigenvalue weighted by Crippen LogP contribution is 2.33. The molecule has 0 spiro atoms. The van der Waals surface area contributed by atoms with Gasteiger partial charge in [0.25, 0.3) is 0 Å². The summed E-state index contributed by atoms with van der Waals surface area (Å²) in [5.74, 6) is 0.933. The lowest BCUT2D eigenvalue weighted by molar-refractivity contribution is 0.758. The molecule has 5 nitrogen and oxygen atoms in total. The molecule has 0 bridgehead atoms. The maximum atomic E-state index is 4.81. The van der Waals surface area contributed by atoms with Crippen molar-refractivity contribution in [3.05, 3.63) is 83.7 Å². The molecule has 3 N–H and O–H groups in total. The van der Waals surface area contributed by atoms with Crippen molar-refractivity contribution in [2.24, 2.45) is 0 Å². The fourth-order valence-corrected chi connectivity index (χ4v) is 3.78. The summed E-state index contributed by atoms with van der Waals surface area (Å²) < 4.78 is 0. The third-order valence-corrected chi connectivity index (χ3v) is 5.19. The van der Waals surface area contributed by atoms with Crippen molar-refractivity contribution in [1.82, 2.24) is 15.2 Å². The molecule has 0 unspecified atom stereocenters. The van der Waals surface area contributed by atoms with Gasteiger partial charge in [-0.2, -0.15) is 5.10 Å². The molecular weight excluding hydrogens is 334 g/mol. The molecule has 1 aliphatic rings. The van der Waals surface area contributed by atoms with Crippen molar-refractivity contribution in [2.45, 2.75) is 25.4 Å². The van der Waals surface area contributed by atoms with Gasteiger partial charge in [0.15, 0.2) is 0 Å². The lowest BCUT2D eigenvalue weighted by atomic mass is 10.1. The van der Waals surface area contributed by atoms with Crippen LogP contribution in [-0.2, 0) is 13.0 Å². The van der Waals surface area contributed by atoms with Gasteiger partial charge in [0.2, 0.25) is 0 Å². The third-order valence-electron chi connectivity index (χ3n) is 5.19. The lowest BCUT2D eigenvalue weighted by Crippen LogP contribution is -2.08. The number of aromatic amines is 1. The average molecular weight is 355 g/mol. The van der Waals surface area contributed by atoms with Gasteiger partial charge in [-0.25, -0.2) is 4.98 Å². The number of hydrogen-bond acceptors (Lipinski definition) is 4. The Morgan fingerprint density at radius 2 is 2.00 bits per heavy atom. The Bertz CT molecular complexity index is 1070. The van der Waals surface area contributed by atoms with Gasteiger partial charge in [0.1, 0.15) is 5.82 Å². The van der Waals surface area contributed by atoms with E-state index in [0.717, 1.165) is 47.5 Å². The van der Waals surface area contributed by atoms with Crippen molar-refractivity contribution in [1.29, 1.82) is 0 Å². The highest BCUT2D eigenvalue weighted by Gasteiger charge is 2.21. The summed E-state index contributed by atoms with van der Waals surface area (Å²) in [6.07, 6.45) is 4.01. The van der Waals surface area contributed by atoms with Crippen molar-refractivity contribution in [2.75, 3.05) is 10.6 Å². The fourth-order valence-electron chi connectivity index (χ4n) is 3.78. The first-order valence-corrected chi connectivity index (χ1v) is 9.32. The summed E-state index contributed by atoms with van der Waals surface area (Å²) >= 11 is 0. The highest BCUT2D eigenvalue weighted by molar-refractivity contribution is 5.83. The van der Waals surface area contributed by atoms with Crippen molar-refractivity contribution in [3.8, 4) is 0 Å². The summed E-state index contributed by atoms with van der Waals surface area (Å²) in [6.45, 7) is 0.722. The third kappa shape index (κ3) is 3.24. The van der Waals surface area contributed by atoms with E-state index >= 15 is 0 Å². The number of aryl methyl sites for hydroxylation is 1. The summed E-state index contributed by atoms with van der Waals surface area (Å²) in [5, 5.41) is 15.1. The minimum absolute atomic E-state index is 0.349. The quantitative estimate of drug-likeness (QED) is 0.487. The minimum atomic E-state index is 0.349. The van der Waals surface area contributed by atoms with E-state index in [1.165, 1.54) is 11.1 Å². The Morgan fingerprint density at radius 1 is 1.04 bits per heavy atom. The summed E-state index contributed by atoms with van der Waals surface area (Å²) in [7, 11) is 0. The summed E-state index contributed by atoms with van der Waals surface area (Å²) in [5.41, 5.74) is 5.98. The van der Waals surface area contributed by atoms with Crippen LogP contribution in [0, 0.1) is 0 Å². The number of fused-ring (bicyclic) bond motifs is 2. The molecule has 5 rings (SSSR count). The van der Waals surface area contributed by atoms with Crippen LogP contribution in [0.15, 0.2) is 66.9 Å². The molecule has 2 aromatic carbocycles. The van der Waals surface area contributed by atoms with Crippen LogP contribution in [0.25, 0.3) is 10.9 Å².